The molecule has 0 aliphatic heterocycles. The number of nitrogens with two attached hydrogens (primary N) is 1. The molecule has 2 aromatic heterocycles. The molecule has 2 N–H and O–H groups in total. The van der Waals surface area contributed by atoms with Gasteiger partial charge in [-0.25, -0.2) is 13.8 Å². The Morgan fingerprint density at radius 2 is 1.89 bits per heavy atom. The fraction of sp³-hybridized carbons (Fsp3) is 0. The molecule has 4 nitrogen and oxygen atoms in total. The van der Waals surface area contributed by atoms with Gasteiger partial charge in [0.2, 0.25) is 5.95 Å². The lowest BCUT2D eigenvalue weighted by Gasteiger charge is -2.09. The average molecular weight is 325 g/mol. The van der Waals surface area contributed by atoms with Crippen molar-refractivity contribution < 1.29 is 8.78 Å². The molecule has 0 aliphatic rings. The summed E-state index contributed by atoms with van der Waals surface area (Å²) in [5, 5.41) is 0. The third kappa shape index (κ3) is 1.86. The molecule has 7 heteroatoms. The van der Waals surface area contributed by atoms with Gasteiger partial charge in [-0.15, -0.1) is 0 Å². The van der Waals surface area contributed by atoms with Gasteiger partial charge >= 0.3 is 0 Å². The molecule has 0 bridgehead atoms. The second kappa shape index (κ2) is 4.27. The summed E-state index contributed by atoms with van der Waals surface area (Å²) < 4.78 is 29.5. The summed E-state index contributed by atoms with van der Waals surface area (Å²) in [5.74, 6) is -1.45. The van der Waals surface area contributed by atoms with Crippen molar-refractivity contribution in [1.82, 2.24) is 14.5 Å². The highest BCUT2D eigenvalue weighted by Crippen LogP contribution is 2.28. The zero-order chi connectivity index (χ0) is 13.6. The zero-order valence-corrected chi connectivity index (χ0v) is 11.0. The molecule has 0 atom stereocenters. The number of benzene rings is 1. The number of hydrogen-bond acceptors (Lipinski definition) is 3. The Morgan fingerprint density at radius 1 is 1.21 bits per heavy atom. The van der Waals surface area contributed by atoms with Crippen LogP contribution in [0.3, 0.4) is 0 Å². The SMILES string of the molecule is Nc1nc2cnccc2n1-c1c(F)cc(Br)cc1F. The van der Waals surface area contributed by atoms with Gasteiger partial charge in [-0.2, -0.15) is 0 Å². The van der Waals surface area contributed by atoms with Crippen LogP contribution in [0.2, 0.25) is 0 Å². The molecule has 19 heavy (non-hydrogen) atoms. The van der Waals surface area contributed by atoms with Crippen LogP contribution in [0.1, 0.15) is 0 Å². The Morgan fingerprint density at radius 3 is 2.58 bits per heavy atom. The van der Waals surface area contributed by atoms with Gasteiger partial charge < -0.3 is 5.73 Å². The van der Waals surface area contributed by atoms with Crippen LogP contribution >= 0.6 is 15.9 Å². The van der Waals surface area contributed by atoms with Crippen LogP contribution in [0.4, 0.5) is 14.7 Å². The third-order valence-electron chi connectivity index (χ3n) is 2.69. The van der Waals surface area contributed by atoms with Gasteiger partial charge in [0.15, 0.2) is 11.6 Å². The maximum absolute atomic E-state index is 14.0. The Balaban J connectivity index is 2.40. The van der Waals surface area contributed by atoms with Crippen LogP contribution in [-0.4, -0.2) is 14.5 Å². The summed E-state index contributed by atoms with van der Waals surface area (Å²) in [6, 6.07) is 3.94. The van der Waals surface area contributed by atoms with E-state index >= 15 is 0 Å². The zero-order valence-electron chi connectivity index (χ0n) is 9.44. The number of pyridine rings is 1. The van der Waals surface area contributed by atoms with Gasteiger partial charge in [0.25, 0.3) is 0 Å². The van der Waals surface area contributed by atoms with Crippen LogP contribution in [0.15, 0.2) is 35.1 Å². The van der Waals surface area contributed by atoms with Gasteiger partial charge in [0.05, 0.1) is 11.7 Å². The van der Waals surface area contributed by atoms with E-state index < -0.39 is 11.6 Å². The fourth-order valence-electron chi connectivity index (χ4n) is 1.93. The van der Waals surface area contributed by atoms with E-state index in [1.54, 1.807) is 6.07 Å². The van der Waals surface area contributed by atoms with E-state index in [1.807, 2.05) is 0 Å². The lowest BCUT2D eigenvalue weighted by Crippen LogP contribution is -2.05. The highest BCUT2D eigenvalue weighted by atomic mass is 79.9. The summed E-state index contributed by atoms with van der Waals surface area (Å²) in [7, 11) is 0. The van der Waals surface area contributed by atoms with Crippen molar-refractivity contribution in [2.24, 2.45) is 0 Å². The molecule has 0 amide bonds. The summed E-state index contributed by atoms with van der Waals surface area (Å²) >= 11 is 3.03. The van der Waals surface area contributed by atoms with Gasteiger partial charge in [0.1, 0.15) is 11.2 Å². The largest absolute Gasteiger partial charge is 0.369 e. The predicted octanol–water partition coefficient (Wildman–Crippen LogP) is 3.04. The third-order valence-corrected chi connectivity index (χ3v) is 3.15. The molecule has 0 saturated carbocycles. The molecular formula is C12H7BrF2N4. The van der Waals surface area contributed by atoms with E-state index in [4.69, 9.17) is 5.73 Å². The van der Waals surface area contributed by atoms with Gasteiger partial charge in [-0.3, -0.25) is 9.55 Å². The Kier molecular flexibility index (Phi) is 2.70. The first-order valence-corrected chi connectivity index (χ1v) is 6.10. The molecule has 2 heterocycles. The number of rotatable bonds is 1. The normalized spacial score (nSPS) is 11.1. The summed E-state index contributed by atoms with van der Waals surface area (Å²) in [5.41, 5.74) is 6.45. The fourth-order valence-corrected chi connectivity index (χ4v) is 2.34. The van der Waals surface area contributed by atoms with Crippen molar-refractivity contribution in [3.63, 3.8) is 0 Å². The van der Waals surface area contributed by atoms with Gasteiger partial charge in [0, 0.05) is 10.7 Å². The highest BCUT2D eigenvalue weighted by molar-refractivity contribution is 9.10. The Bertz CT molecular complexity index is 761. The second-order valence-corrected chi connectivity index (χ2v) is 4.80. The van der Waals surface area contributed by atoms with Crippen molar-refractivity contribution in [3.8, 4) is 5.69 Å². The number of nitrogen functional groups attached to an aromatic ring is 1. The number of anilines is 1. The smallest absolute Gasteiger partial charge is 0.206 e. The molecule has 3 rings (SSSR count). The minimum Gasteiger partial charge on any atom is -0.369 e. The van der Waals surface area contributed by atoms with Crippen LogP contribution in [0, 0.1) is 11.6 Å². The number of nitrogens with zero attached hydrogens (tertiary/aromatic N) is 3. The van der Waals surface area contributed by atoms with E-state index in [-0.39, 0.29) is 11.6 Å². The topological polar surface area (TPSA) is 56.7 Å². The van der Waals surface area contributed by atoms with E-state index in [0.29, 0.717) is 15.5 Å². The summed E-state index contributed by atoms with van der Waals surface area (Å²) in [6.07, 6.45) is 2.99. The van der Waals surface area contributed by atoms with Crippen LogP contribution in [0.5, 0.6) is 0 Å². The minimum atomic E-state index is -0.727. The number of halogens is 3. The van der Waals surface area contributed by atoms with E-state index in [9.17, 15) is 8.78 Å². The van der Waals surface area contributed by atoms with Crippen LogP contribution in [0.25, 0.3) is 16.7 Å². The molecule has 1 aromatic carbocycles. The van der Waals surface area contributed by atoms with E-state index in [2.05, 4.69) is 25.9 Å². The Labute approximate surface area is 115 Å². The van der Waals surface area contributed by atoms with E-state index in [0.717, 1.165) is 0 Å². The first-order valence-electron chi connectivity index (χ1n) is 5.31. The highest BCUT2D eigenvalue weighted by Gasteiger charge is 2.18. The first kappa shape index (κ1) is 12.0. The van der Waals surface area contributed by atoms with Gasteiger partial charge in [-0.1, -0.05) is 15.9 Å². The standard InChI is InChI=1S/C12H7BrF2N4/c13-6-3-7(14)11(8(15)4-6)19-10-1-2-17-5-9(10)18-12(19)16/h1-5H,(H2,16,18). The molecule has 96 valence electrons. The quantitative estimate of drug-likeness (QED) is 0.748. The predicted molar refractivity (Wildman–Crippen MR) is 70.9 cm³/mol. The molecule has 3 aromatic rings. The molecule has 0 unspecified atom stereocenters. The second-order valence-electron chi connectivity index (χ2n) is 3.89. The van der Waals surface area contributed by atoms with Crippen LogP contribution < -0.4 is 5.73 Å². The van der Waals surface area contributed by atoms with Crippen molar-refractivity contribution in [2.75, 3.05) is 5.73 Å². The lowest BCUT2D eigenvalue weighted by molar-refractivity contribution is 0.570. The first-order chi connectivity index (χ1) is 9.08. The minimum absolute atomic E-state index is 0.00289. The number of aromatic nitrogens is 3. The van der Waals surface area contributed by atoms with Crippen molar-refractivity contribution in [1.29, 1.82) is 0 Å². The number of fused-ring (bicyclic) bond motifs is 1. The lowest BCUT2D eigenvalue weighted by atomic mass is 10.2. The van der Waals surface area contributed by atoms with Crippen molar-refractivity contribution in [2.45, 2.75) is 0 Å². The molecular weight excluding hydrogens is 318 g/mol. The van der Waals surface area contributed by atoms with Crippen molar-refractivity contribution >= 4 is 32.9 Å². The monoisotopic (exact) mass is 324 g/mol. The van der Waals surface area contributed by atoms with Crippen LogP contribution in [-0.2, 0) is 0 Å². The molecule has 0 fully saturated rings. The number of imidazole rings is 1. The molecule has 0 radical (unpaired) electrons. The molecule has 0 saturated heterocycles. The Hall–Kier alpha value is -2.02. The maximum atomic E-state index is 14.0. The molecule has 0 aliphatic carbocycles. The number of hydrogen-bond donors (Lipinski definition) is 1. The molecule has 0 spiro atoms. The average Bonchev–Trinajstić information content (AvgIpc) is 2.65. The van der Waals surface area contributed by atoms with Gasteiger partial charge in [-0.05, 0) is 18.2 Å². The van der Waals surface area contributed by atoms with Crippen molar-refractivity contribution in [3.05, 3.63) is 46.7 Å². The summed E-state index contributed by atoms with van der Waals surface area (Å²) in [4.78, 5) is 7.92. The summed E-state index contributed by atoms with van der Waals surface area (Å²) in [6.45, 7) is 0. The van der Waals surface area contributed by atoms with E-state index in [1.165, 1.54) is 29.1 Å². The maximum Gasteiger partial charge on any atom is 0.206 e.